The van der Waals surface area contributed by atoms with Crippen LogP contribution in [0.4, 0.5) is 4.79 Å². The number of rotatable bonds is 1. The second kappa shape index (κ2) is 5.08. The van der Waals surface area contributed by atoms with Crippen LogP contribution in [0.15, 0.2) is 0 Å². The Labute approximate surface area is 109 Å². The lowest BCUT2D eigenvalue weighted by Crippen LogP contribution is -2.48. The van der Waals surface area contributed by atoms with Gasteiger partial charge in [-0.1, -0.05) is 19.3 Å². The van der Waals surface area contributed by atoms with E-state index in [0.717, 1.165) is 32.2 Å². The van der Waals surface area contributed by atoms with Gasteiger partial charge in [-0.05, 0) is 38.0 Å². The summed E-state index contributed by atoms with van der Waals surface area (Å²) in [5.41, 5.74) is 6.04. The van der Waals surface area contributed by atoms with Gasteiger partial charge in [0.2, 0.25) is 0 Å². The zero-order chi connectivity index (χ0) is 12.5. The Morgan fingerprint density at radius 2 is 1.89 bits per heavy atom. The molecule has 1 saturated heterocycles. The zero-order valence-corrected chi connectivity index (χ0v) is 11.1. The molecule has 3 unspecified atom stereocenters. The lowest BCUT2D eigenvalue weighted by molar-refractivity contribution is 0.182. The molecule has 3 fully saturated rings. The first-order valence-corrected chi connectivity index (χ1v) is 7.55. The molecule has 4 heteroatoms. The standard InChI is InChI=1S/C14H25N3O/c15-11-6-10-7-13(8-11)17(9-10)14(18)16-12-4-2-1-3-5-12/h10-13H,1-9,15H2,(H,16,18). The van der Waals surface area contributed by atoms with Crippen molar-refractivity contribution in [1.82, 2.24) is 10.2 Å². The van der Waals surface area contributed by atoms with Crippen LogP contribution in [0.3, 0.4) is 0 Å². The quantitative estimate of drug-likeness (QED) is 0.747. The minimum atomic E-state index is 0.170. The Hall–Kier alpha value is -0.770. The Balaban J connectivity index is 1.56. The molecular formula is C14H25N3O. The highest BCUT2D eigenvalue weighted by molar-refractivity contribution is 5.75. The number of nitrogens with one attached hydrogen (secondary N) is 1. The summed E-state index contributed by atoms with van der Waals surface area (Å²) in [5, 5.41) is 3.23. The minimum absolute atomic E-state index is 0.170. The second-order valence-corrected chi connectivity index (χ2v) is 6.42. The van der Waals surface area contributed by atoms with Crippen LogP contribution in [-0.4, -0.2) is 35.6 Å². The van der Waals surface area contributed by atoms with E-state index in [1.54, 1.807) is 0 Å². The molecule has 3 atom stereocenters. The maximum Gasteiger partial charge on any atom is 0.317 e. The molecule has 3 rings (SSSR count). The number of nitrogens with zero attached hydrogens (tertiary/aromatic N) is 1. The van der Waals surface area contributed by atoms with E-state index in [9.17, 15) is 4.79 Å². The van der Waals surface area contributed by atoms with E-state index < -0.39 is 0 Å². The van der Waals surface area contributed by atoms with Crippen molar-refractivity contribution in [2.45, 2.75) is 69.5 Å². The fourth-order valence-electron chi connectivity index (χ4n) is 4.04. The molecule has 2 amide bonds. The molecule has 3 aliphatic rings. The highest BCUT2D eigenvalue weighted by Gasteiger charge is 2.40. The Morgan fingerprint density at radius 3 is 2.67 bits per heavy atom. The van der Waals surface area contributed by atoms with E-state index in [-0.39, 0.29) is 6.03 Å². The van der Waals surface area contributed by atoms with E-state index in [4.69, 9.17) is 5.73 Å². The molecule has 0 aromatic rings. The summed E-state index contributed by atoms with van der Waals surface area (Å²) in [7, 11) is 0. The van der Waals surface area contributed by atoms with Crippen LogP contribution in [0.2, 0.25) is 0 Å². The van der Waals surface area contributed by atoms with Crippen LogP contribution < -0.4 is 11.1 Å². The van der Waals surface area contributed by atoms with E-state index in [1.807, 2.05) is 0 Å². The molecule has 18 heavy (non-hydrogen) atoms. The molecule has 0 radical (unpaired) electrons. The zero-order valence-electron chi connectivity index (χ0n) is 11.1. The van der Waals surface area contributed by atoms with Crippen molar-refractivity contribution in [3.05, 3.63) is 0 Å². The van der Waals surface area contributed by atoms with Gasteiger partial charge >= 0.3 is 6.03 Å². The first-order chi connectivity index (χ1) is 8.72. The van der Waals surface area contributed by atoms with Crippen molar-refractivity contribution in [3.63, 3.8) is 0 Å². The molecule has 0 aromatic heterocycles. The van der Waals surface area contributed by atoms with Gasteiger partial charge in [-0.3, -0.25) is 0 Å². The number of fused-ring (bicyclic) bond motifs is 2. The van der Waals surface area contributed by atoms with E-state index in [2.05, 4.69) is 10.2 Å². The maximum atomic E-state index is 12.3. The summed E-state index contributed by atoms with van der Waals surface area (Å²) in [6, 6.07) is 1.30. The Bertz CT molecular complexity index is 314. The average Bonchev–Trinajstić information content (AvgIpc) is 2.66. The smallest absolute Gasteiger partial charge is 0.317 e. The number of amides is 2. The van der Waals surface area contributed by atoms with Crippen molar-refractivity contribution in [2.75, 3.05) is 6.54 Å². The molecule has 2 saturated carbocycles. The van der Waals surface area contributed by atoms with Gasteiger partial charge in [-0.2, -0.15) is 0 Å². The van der Waals surface area contributed by atoms with Gasteiger partial charge in [-0.15, -0.1) is 0 Å². The number of carbonyl (C=O) groups excluding carboxylic acids is 1. The van der Waals surface area contributed by atoms with Gasteiger partial charge in [0.25, 0.3) is 0 Å². The second-order valence-electron chi connectivity index (χ2n) is 6.42. The largest absolute Gasteiger partial charge is 0.335 e. The molecule has 3 N–H and O–H groups in total. The fourth-order valence-corrected chi connectivity index (χ4v) is 4.04. The molecule has 2 aliphatic carbocycles. The van der Waals surface area contributed by atoms with Crippen LogP contribution >= 0.6 is 0 Å². The molecule has 1 heterocycles. The fraction of sp³-hybridized carbons (Fsp3) is 0.929. The summed E-state index contributed by atoms with van der Waals surface area (Å²) in [5.74, 6) is 0.649. The molecular weight excluding hydrogens is 226 g/mol. The topological polar surface area (TPSA) is 58.4 Å². The van der Waals surface area contributed by atoms with E-state index >= 15 is 0 Å². The third-order valence-corrected chi connectivity index (χ3v) is 4.91. The number of hydrogen-bond acceptors (Lipinski definition) is 2. The predicted molar refractivity (Wildman–Crippen MR) is 71.2 cm³/mol. The minimum Gasteiger partial charge on any atom is -0.335 e. The normalized spacial score (nSPS) is 36.7. The van der Waals surface area contributed by atoms with E-state index in [1.165, 1.54) is 25.7 Å². The first-order valence-electron chi connectivity index (χ1n) is 7.55. The highest BCUT2D eigenvalue weighted by Crippen LogP contribution is 2.35. The van der Waals surface area contributed by atoms with Crippen molar-refractivity contribution in [2.24, 2.45) is 11.7 Å². The molecule has 4 nitrogen and oxygen atoms in total. The molecule has 1 aliphatic heterocycles. The van der Waals surface area contributed by atoms with Gasteiger partial charge in [0.1, 0.15) is 0 Å². The Morgan fingerprint density at radius 1 is 1.11 bits per heavy atom. The van der Waals surface area contributed by atoms with Crippen molar-refractivity contribution < 1.29 is 4.79 Å². The van der Waals surface area contributed by atoms with Crippen LogP contribution in [0.5, 0.6) is 0 Å². The third kappa shape index (κ3) is 2.48. The summed E-state index contributed by atoms with van der Waals surface area (Å²) >= 11 is 0. The molecule has 0 aromatic carbocycles. The number of carbonyl (C=O) groups is 1. The van der Waals surface area contributed by atoms with Crippen LogP contribution in [-0.2, 0) is 0 Å². The van der Waals surface area contributed by atoms with Crippen LogP contribution in [0.25, 0.3) is 0 Å². The third-order valence-electron chi connectivity index (χ3n) is 4.91. The van der Waals surface area contributed by atoms with Crippen molar-refractivity contribution >= 4 is 6.03 Å². The summed E-state index contributed by atoms with van der Waals surface area (Å²) in [6.45, 7) is 0.928. The monoisotopic (exact) mass is 251 g/mol. The van der Waals surface area contributed by atoms with Crippen molar-refractivity contribution in [1.29, 1.82) is 0 Å². The van der Waals surface area contributed by atoms with E-state index in [0.29, 0.717) is 24.0 Å². The number of nitrogens with two attached hydrogens (primary N) is 1. The summed E-state index contributed by atoms with van der Waals surface area (Å²) in [6.07, 6.45) is 9.45. The lowest BCUT2D eigenvalue weighted by atomic mass is 9.87. The molecule has 0 spiro atoms. The van der Waals surface area contributed by atoms with Gasteiger partial charge < -0.3 is 16.0 Å². The highest BCUT2D eigenvalue weighted by atomic mass is 16.2. The average molecular weight is 251 g/mol. The van der Waals surface area contributed by atoms with Gasteiger partial charge in [-0.25, -0.2) is 4.79 Å². The predicted octanol–water partition coefficient (Wildman–Crippen LogP) is 1.84. The van der Waals surface area contributed by atoms with Crippen LogP contribution in [0, 0.1) is 5.92 Å². The first kappa shape index (κ1) is 12.3. The van der Waals surface area contributed by atoms with Gasteiger partial charge in [0.05, 0.1) is 0 Å². The molecule has 2 bridgehead atoms. The number of urea groups is 1. The maximum absolute atomic E-state index is 12.3. The lowest BCUT2D eigenvalue weighted by Gasteiger charge is -2.30. The summed E-state index contributed by atoms with van der Waals surface area (Å²) in [4.78, 5) is 14.4. The van der Waals surface area contributed by atoms with Gasteiger partial charge in [0, 0.05) is 24.7 Å². The summed E-state index contributed by atoms with van der Waals surface area (Å²) < 4.78 is 0. The van der Waals surface area contributed by atoms with Crippen molar-refractivity contribution in [3.8, 4) is 0 Å². The SMILES string of the molecule is NC1CC2CC(C1)N(C(=O)NC1CCCCC1)C2. The number of hydrogen-bond donors (Lipinski definition) is 2. The van der Waals surface area contributed by atoms with Gasteiger partial charge in [0.15, 0.2) is 0 Å². The Kier molecular flexibility index (Phi) is 3.46. The number of likely N-dealkylation sites (tertiary alicyclic amines) is 1. The molecule has 102 valence electrons. The van der Waals surface area contributed by atoms with Crippen LogP contribution in [0.1, 0.15) is 51.4 Å².